The molecule has 252 valence electrons. The van der Waals surface area contributed by atoms with Crippen LogP contribution in [-0.4, -0.2) is 90.1 Å². The van der Waals surface area contributed by atoms with Gasteiger partial charge in [0.05, 0.1) is 12.7 Å². The highest BCUT2D eigenvalue weighted by Crippen LogP contribution is 2.35. The third-order valence-electron chi connectivity index (χ3n) is 8.03. The summed E-state index contributed by atoms with van der Waals surface area (Å²) in [5, 5.41) is 0. The van der Waals surface area contributed by atoms with E-state index in [1.165, 1.54) is 149 Å². The molecular formula is C35H71NO2S4. The fourth-order valence-corrected chi connectivity index (χ4v) is 9.80. The van der Waals surface area contributed by atoms with E-state index in [0.29, 0.717) is 0 Å². The van der Waals surface area contributed by atoms with E-state index in [4.69, 9.17) is 9.47 Å². The summed E-state index contributed by atoms with van der Waals surface area (Å²) in [7, 11) is 4.31. The molecule has 7 heteroatoms. The van der Waals surface area contributed by atoms with E-state index < -0.39 is 0 Å². The van der Waals surface area contributed by atoms with Gasteiger partial charge in [-0.15, -0.1) is 0 Å². The van der Waals surface area contributed by atoms with Gasteiger partial charge in [0.1, 0.15) is 0 Å². The molecule has 42 heavy (non-hydrogen) atoms. The zero-order chi connectivity index (χ0) is 30.4. The molecule has 0 N–H and O–H groups in total. The molecule has 0 aromatic rings. The molecule has 1 atom stereocenters. The number of nitrogens with zero attached hydrogens (tertiary/aromatic N) is 1. The maximum absolute atomic E-state index is 6.67. The van der Waals surface area contributed by atoms with Crippen LogP contribution in [0.1, 0.15) is 136 Å². The maximum atomic E-state index is 6.67. The van der Waals surface area contributed by atoms with Crippen LogP contribution in [0.4, 0.5) is 0 Å². The van der Waals surface area contributed by atoms with Crippen LogP contribution in [0.25, 0.3) is 0 Å². The second-order valence-corrected chi connectivity index (χ2v) is 17.4. The van der Waals surface area contributed by atoms with Crippen LogP contribution in [0.3, 0.4) is 0 Å². The number of hydrogen-bond donors (Lipinski definition) is 0. The fraction of sp³-hybridized carbons (Fsp3) is 1.00. The van der Waals surface area contributed by atoms with Crippen LogP contribution < -0.4 is 0 Å². The minimum atomic E-state index is -0.297. The molecule has 1 heterocycles. The highest BCUT2D eigenvalue weighted by atomic mass is 32.2. The van der Waals surface area contributed by atoms with Crippen LogP contribution in [0.15, 0.2) is 0 Å². The Morgan fingerprint density at radius 3 is 1.38 bits per heavy atom. The van der Waals surface area contributed by atoms with Crippen LogP contribution in [0.5, 0.6) is 0 Å². The Balaban J connectivity index is 2.12. The predicted octanol–water partition coefficient (Wildman–Crippen LogP) is 11.0. The van der Waals surface area contributed by atoms with Crippen LogP contribution in [-0.2, 0) is 9.47 Å². The quantitative estimate of drug-likeness (QED) is 0.0642. The van der Waals surface area contributed by atoms with Crippen molar-refractivity contribution in [2.24, 2.45) is 0 Å². The topological polar surface area (TPSA) is 21.7 Å². The van der Waals surface area contributed by atoms with E-state index in [2.05, 4.69) is 79.9 Å². The van der Waals surface area contributed by atoms with Gasteiger partial charge in [-0.05, 0) is 82.1 Å². The molecule has 0 radical (unpaired) electrons. The Hall–Kier alpha value is 1.28. The Labute approximate surface area is 281 Å². The summed E-state index contributed by atoms with van der Waals surface area (Å²) in [6, 6.07) is 0. The van der Waals surface area contributed by atoms with E-state index >= 15 is 0 Å². The monoisotopic (exact) mass is 665 g/mol. The second kappa shape index (κ2) is 30.9. The van der Waals surface area contributed by atoms with Crippen molar-refractivity contribution in [1.82, 2.24) is 4.90 Å². The smallest absolute Gasteiger partial charge is 0.168 e. The summed E-state index contributed by atoms with van der Waals surface area (Å²) in [6.45, 7) is 6.44. The van der Waals surface area contributed by atoms with E-state index in [1.807, 2.05) is 0 Å². The number of unbranched alkanes of at least 4 members (excludes halogenated alkanes) is 12. The zero-order valence-electron chi connectivity index (χ0n) is 28.5. The number of thioether (sulfide) groups is 4. The lowest BCUT2D eigenvalue weighted by atomic mass is 9.99. The molecule has 0 saturated carbocycles. The molecule has 0 spiro atoms. The van der Waals surface area contributed by atoms with Crippen molar-refractivity contribution in [2.45, 2.75) is 148 Å². The Morgan fingerprint density at radius 1 is 0.548 bits per heavy atom. The third-order valence-corrected chi connectivity index (χ3v) is 12.8. The van der Waals surface area contributed by atoms with Gasteiger partial charge in [-0.25, -0.2) is 0 Å². The van der Waals surface area contributed by atoms with Gasteiger partial charge < -0.3 is 14.4 Å². The molecule has 1 rings (SSSR count). The first-order valence-electron chi connectivity index (χ1n) is 17.9. The first-order chi connectivity index (χ1) is 20.6. The normalized spacial score (nSPS) is 16.6. The van der Waals surface area contributed by atoms with Crippen molar-refractivity contribution in [2.75, 3.05) is 73.3 Å². The van der Waals surface area contributed by atoms with Gasteiger partial charge in [0.15, 0.2) is 5.79 Å². The van der Waals surface area contributed by atoms with Crippen LogP contribution in [0.2, 0.25) is 0 Å². The molecule has 1 fully saturated rings. The highest BCUT2D eigenvalue weighted by Gasteiger charge is 2.40. The fourth-order valence-electron chi connectivity index (χ4n) is 5.30. The lowest BCUT2D eigenvalue weighted by Gasteiger charge is -2.29. The van der Waals surface area contributed by atoms with Gasteiger partial charge in [0, 0.05) is 42.4 Å². The Morgan fingerprint density at radius 2 is 0.952 bits per heavy atom. The van der Waals surface area contributed by atoms with Crippen LogP contribution in [0, 0.1) is 0 Å². The lowest BCUT2D eigenvalue weighted by Crippen LogP contribution is -2.31. The molecule has 1 aliphatic rings. The molecular weight excluding hydrogens is 595 g/mol. The van der Waals surface area contributed by atoms with Crippen molar-refractivity contribution in [3.63, 3.8) is 0 Å². The van der Waals surface area contributed by atoms with Crippen molar-refractivity contribution in [3.05, 3.63) is 0 Å². The van der Waals surface area contributed by atoms with E-state index in [0.717, 1.165) is 32.4 Å². The molecule has 0 aromatic heterocycles. The number of hydrogen-bond acceptors (Lipinski definition) is 7. The molecule has 0 aliphatic carbocycles. The molecule has 1 saturated heterocycles. The summed E-state index contributed by atoms with van der Waals surface area (Å²) in [6.07, 6.45) is 25.2. The SMILES string of the molecule is CCCCSCCSCCCCCCCCC1(CCCCCCCCSCCSCCCC)OCC(CCN(C)C)O1. The summed E-state index contributed by atoms with van der Waals surface area (Å²) >= 11 is 8.60. The van der Waals surface area contributed by atoms with Crippen LogP contribution >= 0.6 is 47.0 Å². The predicted molar refractivity (Wildman–Crippen MR) is 200 cm³/mol. The van der Waals surface area contributed by atoms with E-state index in [1.54, 1.807) is 0 Å². The zero-order valence-corrected chi connectivity index (χ0v) is 31.7. The Bertz CT molecular complexity index is 523. The minimum absolute atomic E-state index is 0.275. The summed E-state index contributed by atoms with van der Waals surface area (Å²) in [5.74, 6) is 10.5. The van der Waals surface area contributed by atoms with Gasteiger partial charge in [-0.1, -0.05) is 78.1 Å². The van der Waals surface area contributed by atoms with Crippen molar-refractivity contribution in [1.29, 1.82) is 0 Å². The van der Waals surface area contributed by atoms with E-state index in [-0.39, 0.29) is 11.9 Å². The van der Waals surface area contributed by atoms with E-state index in [9.17, 15) is 0 Å². The first-order valence-corrected chi connectivity index (χ1v) is 22.5. The minimum Gasteiger partial charge on any atom is -0.347 e. The van der Waals surface area contributed by atoms with Gasteiger partial charge in [0.25, 0.3) is 0 Å². The highest BCUT2D eigenvalue weighted by molar-refractivity contribution is 8.03. The molecule has 0 amide bonds. The van der Waals surface area contributed by atoms with Gasteiger partial charge in [-0.3, -0.25) is 0 Å². The molecule has 0 bridgehead atoms. The average molecular weight is 666 g/mol. The number of ether oxygens (including phenoxy) is 2. The van der Waals surface area contributed by atoms with Crippen molar-refractivity contribution in [3.8, 4) is 0 Å². The lowest BCUT2D eigenvalue weighted by molar-refractivity contribution is -0.180. The molecule has 3 nitrogen and oxygen atoms in total. The standard InChI is InChI=1S/C35H71NO2S4/c1-5-7-25-39-29-31-41-27-19-15-11-9-13-17-22-35(37-33-34(38-35)21-24-36(3)4)23-18-14-10-12-16-20-28-42-32-30-40-26-8-6-2/h34H,5-33H2,1-4H3. The number of rotatable bonds is 33. The molecule has 1 unspecified atom stereocenters. The maximum Gasteiger partial charge on any atom is 0.168 e. The molecule has 1 aliphatic heterocycles. The van der Waals surface area contributed by atoms with Gasteiger partial charge >= 0.3 is 0 Å². The second-order valence-electron chi connectivity index (χ2n) is 12.5. The molecule has 0 aromatic carbocycles. The Kier molecular flexibility index (Phi) is 30.4. The van der Waals surface area contributed by atoms with Gasteiger partial charge in [-0.2, -0.15) is 47.0 Å². The van der Waals surface area contributed by atoms with Gasteiger partial charge in [0.2, 0.25) is 0 Å². The summed E-state index contributed by atoms with van der Waals surface area (Å²) < 4.78 is 13.1. The first kappa shape index (κ1) is 41.3. The third kappa shape index (κ3) is 25.5. The summed E-state index contributed by atoms with van der Waals surface area (Å²) in [5.41, 5.74) is 0. The van der Waals surface area contributed by atoms with Crippen molar-refractivity contribution < 1.29 is 9.47 Å². The summed E-state index contributed by atoms with van der Waals surface area (Å²) in [4.78, 5) is 2.26. The van der Waals surface area contributed by atoms with Crippen molar-refractivity contribution >= 4 is 47.0 Å². The average Bonchev–Trinajstić information content (AvgIpc) is 3.39. The largest absolute Gasteiger partial charge is 0.347 e.